The summed E-state index contributed by atoms with van der Waals surface area (Å²) >= 11 is 17.8. The molecule has 4 nitrogen and oxygen atoms in total. The first-order valence-corrected chi connectivity index (χ1v) is 7.26. The van der Waals surface area contributed by atoms with Gasteiger partial charge in [0, 0.05) is 11.4 Å². The fraction of sp³-hybridized carbons (Fsp3) is 0.182. The van der Waals surface area contributed by atoms with E-state index in [2.05, 4.69) is 10.6 Å². The second-order valence-electron chi connectivity index (χ2n) is 3.76. The van der Waals surface area contributed by atoms with Crippen LogP contribution in [0.15, 0.2) is 18.2 Å². The van der Waals surface area contributed by atoms with E-state index in [0.717, 1.165) is 0 Å². The number of benzene rings is 1. The molecule has 1 saturated heterocycles. The predicted molar refractivity (Wildman–Crippen MR) is 81.8 cm³/mol. The molecule has 1 aliphatic rings. The Bertz CT molecular complexity index is 566. The zero-order valence-electron chi connectivity index (χ0n) is 9.41. The third-order valence-electron chi connectivity index (χ3n) is 2.34. The Morgan fingerprint density at radius 1 is 1.47 bits per heavy atom. The van der Waals surface area contributed by atoms with E-state index in [1.807, 2.05) is 0 Å². The van der Waals surface area contributed by atoms with E-state index in [1.54, 1.807) is 18.2 Å². The van der Waals surface area contributed by atoms with Crippen molar-refractivity contribution >= 4 is 69.0 Å². The molecule has 2 amide bonds. The molecule has 100 valence electrons. The monoisotopic (exact) mass is 334 g/mol. The largest absolute Gasteiger partial charge is 0.325 e. The average molecular weight is 335 g/mol. The Labute approximate surface area is 129 Å². The first kappa shape index (κ1) is 14.6. The number of carbonyl (C=O) groups excluding carboxylic acids is 2. The number of nitrogens with one attached hydrogen (secondary N) is 2. The van der Waals surface area contributed by atoms with Crippen LogP contribution < -0.4 is 10.6 Å². The van der Waals surface area contributed by atoms with Crippen molar-refractivity contribution in [3.05, 3.63) is 28.2 Å². The van der Waals surface area contributed by atoms with Gasteiger partial charge in [-0.1, -0.05) is 47.2 Å². The summed E-state index contributed by atoms with van der Waals surface area (Å²) in [5, 5.41) is 5.46. The van der Waals surface area contributed by atoms with Gasteiger partial charge in [-0.25, -0.2) is 0 Å². The SMILES string of the molecule is O=C(CC1SC(=S)NC1=O)Nc1cc(Cl)ccc1Cl. The van der Waals surface area contributed by atoms with Crippen LogP contribution in [0.25, 0.3) is 0 Å². The Kier molecular flexibility index (Phi) is 4.67. The van der Waals surface area contributed by atoms with Crippen LogP contribution in [0.3, 0.4) is 0 Å². The van der Waals surface area contributed by atoms with Gasteiger partial charge in [-0.3, -0.25) is 9.59 Å². The van der Waals surface area contributed by atoms with Gasteiger partial charge < -0.3 is 10.6 Å². The lowest BCUT2D eigenvalue weighted by molar-refractivity contribution is -0.122. The second kappa shape index (κ2) is 6.09. The van der Waals surface area contributed by atoms with Crippen LogP contribution in [0.5, 0.6) is 0 Å². The molecule has 0 bridgehead atoms. The minimum Gasteiger partial charge on any atom is -0.325 e. The summed E-state index contributed by atoms with van der Waals surface area (Å²) in [7, 11) is 0. The quantitative estimate of drug-likeness (QED) is 0.834. The summed E-state index contributed by atoms with van der Waals surface area (Å²) in [6.07, 6.45) is 0.0273. The van der Waals surface area contributed by atoms with E-state index < -0.39 is 5.25 Å². The maximum absolute atomic E-state index is 11.8. The predicted octanol–water partition coefficient (Wildman–Crippen LogP) is 2.84. The van der Waals surface area contributed by atoms with Gasteiger partial charge in [-0.15, -0.1) is 0 Å². The number of hydrogen-bond donors (Lipinski definition) is 2. The van der Waals surface area contributed by atoms with Crippen LogP contribution in [0.4, 0.5) is 5.69 Å². The van der Waals surface area contributed by atoms with Gasteiger partial charge in [0.2, 0.25) is 11.8 Å². The lowest BCUT2D eigenvalue weighted by Crippen LogP contribution is -2.27. The van der Waals surface area contributed by atoms with Gasteiger partial charge in [-0.2, -0.15) is 0 Å². The van der Waals surface area contributed by atoms with E-state index in [-0.39, 0.29) is 18.2 Å². The topological polar surface area (TPSA) is 58.2 Å². The van der Waals surface area contributed by atoms with Crippen LogP contribution in [0.1, 0.15) is 6.42 Å². The maximum atomic E-state index is 11.8. The van der Waals surface area contributed by atoms with Crippen molar-refractivity contribution in [3.63, 3.8) is 0 Å². The van der Waals surface area contributed by atoms with E-state index in [4.69, 9.17) is 35.4 Å². The molecule has 1 fully saturated rings. The number of rotatable bonds is 3. The van der Waals surface area contributed by atoms with Gasteiger partial charge in [-0.05, 0) is 18.2 Å². The van der Waals surface area contributed by atoms with Crippen LogP contribution >= 0.6 is 47.2 Å². The number of carbonyl (C=O) groups is 2. The smallest absolute Gasteiger partial charge is 0.239 e. The Balaban J connectivity index is 2.00. The van der Waals surface area contributed by atoms with Gasteiger partial charge in [0.1, 0.15) is 4.32 Å². The van der Waals surface area contributed by atoms with Gasteiger partial charge >= 0.3 is 0 Å². The summed E-state index contributed by atoms with van der Waals surface area (Å²) in [6, 6.07) is 4.76. The third kappa shape index (κ3) is 3.82. The Morgan fingerprint density at radius 2 is 2.21 bits per heavy atom. The second-order valence-corrected chi connectivity index (χ2v) is 6.48. The summed E-state index contributed by atoms with van der Waals surface area (Å²) in [5.74, 6) is -0.566. The van der Waals surface area contributed by atoms with Crippen molar-refractivity contribution in [1.29, 1.82) is 0 Å². The summed E-state index contributed by atoms with van der Waals surface area (Å²) in [6.45, 7) is 0. The van der Waals surface area contributed by atoms with Crippen molar-refractivity contribution < 1.29 is 9.59 Å². The number of anilines is 1. The molecule has 1 aromatic rings. The van der Waals surface area contributed by atoms with E-state index in [9.17, 15) is 9.59 Å². The molecule has 0 aromatic heterocycles. The maximum Gasteiger partial charge on any atom is 0.239 e. The lowest BCUT2D eigenvalue weighted by atomic mass is 10.2. The molecule has 2 rings (SSSR count). The molecule has 0 spiro atoms. The van der Waals surface area contributed by atoms with Crippen molar-refractivity contribution in [1.82, 2.24) is 5.32 Å². The molecular weight excluding hydrogens is 327 g/mol. The minimum atomic E-state index is -0.495. The minimum absolute atomic E-state index is 0.0273. The van der Waals surface area contributed by atoms with Gasteiger partial charge in [0.15, 0.2) is 0 Å². The fourth-order valence-electron chi connectivity index (χ4n) is 1.49. The van der Waals surface area contributed by atoms with Crippen LogP contribution in [-0.2, 0) is 9.59 Å². The van der Waals surface area contributed by atoms with Crippen molar-refractivity contribution in [3.8, 4) is 0 Å². The molecule has 0 aliphatic carbocycles. The molecule has 8 heteroatoms. The molecule has 0 radical (unpaired) electrons. The fourth-order valence-corrected chi connectivity index (χ4v) is 3.10. The summed E-state index contributed by atoms with van der Waals surface area (Å²) < 4.78 is 0.392. The highest BCUT2D eigenvalue weighted by atomic mass is 35.5. The molecular formula is C11H8Cl2N2O2S2. The molecule has 1 aromatic carbocycles. The normalized spacial score (nSPS) is 18.3. The zero-order chi connectivity index (χ0) is 14.0. The van der Waals surface area contributed by atoms with Crippen molar-refractivity contribution in [2.24, 2.45) is 0 Å². The van der Waals surface area contributed by atoms with Crippen molar-refractivity contribution in [2.75, 3.05) is 5.32 Å². The Morgan fingerprint density at radius 3 is 2.84 bits per heavy atom. The highest BCUT2D eigenvalue weighted by Crippen LogP contribution is 2.27. The molecule has 1 atom stereocenters. The highest BCUT2D eigenvalue weighted by Gasteiger charge is 2.31. The van der Waals surface area contributed by atoms with E-state index in [0.29, 0.717) is 20.1 Å². The summed E-state index contributed by atoms with van der Waals surface area (Å²) in [4.78, 5) is 23.3. The zero-order valence-corrected chi connectivity index (χ0v) is 12.6. The van der Waals surface area contributed by atoms with Crippen LogP contribution in [0, 0.1) is 0 Å². The average Bonchev–Trinajstić information content (AvgIpc) is 2.62. The van der Waals surface area contributed by atoms with Gasteiger partial charge in [0.25, 0.3) is 0 Å². The molecule has 1 heterocycles. The number of halogens is 2. The molecule has 0 saturated carbocycles. The number of thiocarbonyl (C=S) groups is 1. The third-order valence-corrected chi connectivity index (χ3v) is 4.28. The van der Waals surface area contributed by atoms with Crippen molar-refractivity contribution in [2.45, 2.75) is 11.7 Å². The standard InChI is InChI=1S/C11H8Cl2N2O2S2/c12-5-1-2-6(13)7(3-5)14-9(16)4-8-10(17)15-11(18)19-8/h1-3,8H,4H2,(H,14,16)(H,15,17,18). The summed E-state index contributed by atoms with van der Waals surface area (Å²) in [5.41, 5.74) is 0.421. The molecule has 2 N–H and O–H groups in total. The van der Waals surface area contributed by atoms with E-state index in [1.165, 1.54) is 11.8 Å². The molecule has 19 heavy (non-hydrogen) atoms. The van der Waals surface area contributed by atoms with Gasteiger partial charge in [0.05, 0.1) is 16.0 Å². The molecule has 1 aliphatic heterocycles. The Hall–Kier alpha value is -0.820. The highest BCUT2D eigenvalue weighted by molar-refractivity contribution is 8.24. The van der Waals surface area contributed by atoms with E-state index >= 15 is 0 Å². The number of amides is 2. The van der Waals surface area contributed by atoms with Crippen LogP contribution in [-0.4, -0.2) is 21.4 Å². The first-order chi connectivity index (χ1) is 8.95. The number of hydrogen-bond acceptors (Lipinski definition) is 4. The number of thioether (sulfide) groups is 1. The lowest BCUT2D eigenvalue weighted by Gasteiger charge is -2.09. The first-order valence-electron chi connectivity index (χ1n) is 5.22. The van der Waals surface area contributed by atoms with Crippen LogP contribution in [0.2, 0.25) is 10.0 Å². The molecule has 1 unspecified atom stereocenters.